The summed E-state index contributed by atoms with van der Waals surface area (Å²) in [4.78, 5) is 12.5. The molecular formula is C17H18ClN5O. The van der Waals surface area contributed by atoms with Crippen LogP contribution in [-0.2, 0) is 7.05 Å². The number of aryl methyl sites for hydroxylation is 2. The van der Waals surface area contributed by atoms with Crippen LogP contribution >= 0.6 is 11.6 Å². The van der Waals surface area contributed by atoms with Crippen LogP contribution in [0.1, 0.15) is 34.7 Å². The number of hydrogen-bond donors (Lipinski definition) is 1. The van der Waals surface area contributed by atoms with Gasteiger partial charge in [-0.3, -0.25) is 9.48 Å². The average Bonchev–Trinajstić information content (AvgIpc) is 3.13. The summed E-state index contributed by atoms with van der Waals surface area (Å²) in [7, 11) is 1.84. The SMILES string of the molecule is Cc1cc(C(=O)NC(C)c2cnn(C)c2)nn1-c1cccc(Cl)c1. The number of rotatable bonds is 4. The molecule has 3 rings (SSSR count). The third-order valence-electron chi connectivity index (χ3n) is 3.75. The van der Waals surface area contributed by atoms with Crippen molar-refractivity contribution < 1.29 is 4.79 Å². The Labute approximate surface area is 145 Å². The molecule has 124 valence electrons. The minimum atomic E-state index is -0.227. The molecule has 1 unspecified atom stereocenters. The summed E-state index contributed by atoms with van der Waals surface area (Å²) in [5.41, 5.74) is 2.98. The van der Waals surface area contributed by atoms with E-state index in [0.717, 1.165) is 16.9 Å². The Bertz CT molecular complexity index is 883. The lowest BCUT2D eigenvalue weighted by Crippen LogP contribution is -2.27. The van der Waals surface area contributed by atoms with E-state index in [1.807, 2.05) is 45.3 Å². The van der Waals surface area contributed by atoms with E-state index in [9.17, 15) is 4.79 Å². The van der Waals surface area contributed by atoms with E-state index in [1.54, 1.807) is 27.7 Å². The lowest BCUT2D eigenvalue weighted by molar-refractivity contribution is 0.0934. The molecule has 0 saturated heterocycles. The minimum Gasteiger partial charge on any atom is -0.344 e. The Balaban J connectivity index is 1.80. The van der Waals surface area contributed by atoms with Gasteiger partial charge in [-0.05, 0) is 38.1 Å². The molecule has 0 bridgehead atoms. The molecular weight excluding hydrogens is 326 g/mol. The predicted octanol–water partition coefficient (Wildman–Crippen LogP) is 3.06. The molecule has 3 aromatic rings. The zero-order valence-electron chi connectivity index (χ0n) is 13.7. The van der Waals surface area contributed by atoms with Crippen LogP contribution in [0.2, 0.25) is 5.02 Å². The molecule has 1 N–H and O–H groups in total. The highest BCUT2D eigenvalue weighted by atomic mass is 35.5. The van der Waals surface area contributed by atoms with Gasteiger partial charge in [0.1, 0.15) is 0 Å². The van der Waals surface area contributed by atoms with Gasteiger partial charge in [-0.25, -0.2) is 4.68 Å². The second kappa shape index (κ2) is 6.49. The molecule has 0 fully saturated rings. The van der Waals surface area contributed by atoms with Crippen molar-refractivity contribution in [3.05, 3.63) is 64.7 Å². The van der Waals surface area contributed by atoms with E-state index in [-0.39, 0.29) is 11.9 Å². The first-order valence-corrected chi connectivity index (χ1v) is 7.94. The molecule has 1 aromatic carbocycles. The highest BCUT2D eigenvalue weighted by Crippen LogP contribution is 2.17. The third kappa shape index (κ3) is 3.33. The summed E-state index contributed by atoms with van der Waals surface area (Å²) in [6.07, 6.45) is 3.61. The van der Waals surface area contributed by atoms with Gasteiger partial charge >= 0.3 is 0 Å². The van der Waals surface area contributed by atoms with Crippen molar-refractivity contribution in [3.8, 4) is 5.69 Å². The molecule has 1 atom stereocenters. The van der Waals surface area contributed by atoms with Crippen LogP contribution in [0.25, 0.3) is 5.69 Å². The summed E-state index contributed by atoms with van der Waals surface area (Å²) >= 11 is 6.03. The van der Waals surface area contributed by atoms with Crippen molar-refractivity contribution in [1.82, 2.24) is 24.9 Å². The fourth-order valence-electron chi connectivity index (χ4n) is 2.47. The monoisotopic (exact) mass is 343 g/mol. The smallest absolute Gasteiger partial charge is 0.272 e. The number of amides is 1. The first-order chi connectivity index (χ1) is 11.4. The molecule has 0 aliphatic carbocycles. The molecule has 0 aliphatic heterocycles. The second-order valence-electron chi connectivity index (χ2n) is 5.71. The van der Waals surface area contributed by atoms with E-state index in [4.69, 9.17) is 11.6 Å². The first-order valence-electron chi connectivity index (χ1n) is 7.56. The van der Waals surface area contributed by atoms with Gasteiger partial charge in [-0.15, -0.1) is 0 Å². The molecule has 2 aromatic heterocycles. The average molecular weight is 344 g/mol. The quantitative estimate of drug-likeness (QED) is 0.791. The van der Waals surface area contributed by atoms with Gasteiger partial charge < -0.3 is 5.32 Å². The Morgan fingerprint density at radius 1 is 1.33 bits per heavy atom. The van der Waals surface area contributed by atoms with Crippen LogP contribution < -0.4 is 5.32 Å². The Kier molecular flexibility index (Phi) is 4.40. The number of carbonyl (C=O) groups is 1. The summed E-state index contributed by atoms with van der Waals surface area (Å²) in [5.74, 6) is -0.227. The number of aromatic nitrogens is 4. The molecule has 0 spiro atoms. The van der Waals surface area contributed by atoms with E-state index >= 15 is 0 Å². The molecule has 0 radical (unpaired) electrons. The number of nitrogens with zero attached hydrogens (tertiary/aromatic N) is 4. The van der Waals surface area contributed by atoms with Gasteiger partial charge in [0.25, 0.3) is 5.91 Å². The van der Waals surface area contributed by atoms with Crippen LogP contribution in [-0.4, -0.2) is 25.5 Å². The van der Waals surface area contributed by atoms with Crippen molar-refractivity contribution in [3.63, 3.8) is 0 Å². The second-order valence-corrected chi connectivity index (χ2v) is 6.14. The molecule has 24 heavy (non-hydrogen) atoms. The number of benzene rings is 1. The molecule has 0 saturated carbocycles. The van der Waals surface area contributed by atoms with Crippen molar-refractivity contribution in [2.75, 3.05) is 0 Å². The van der Waals surface area contributed by atoms with Gasteiger partial charge in [0.15, 0.2) is 5.69 Å². The lowest BCUT2D eigenvalue weighted by atomic mass is 10.2. The van der Waals surface area contributed by atoms with Crippen molar-refractivity contribution >= 4 is 17.5 Å². The maximum absolute atomic E-state index is 12.5. The van der Waals surface area contributed by atoms with Crippen LogP contribution in [0.4, 0.5) is 0 Å². The van der Waals surface area contributed by atoms with E-state index in [0.29, 0.717) is 10.7 Å². The minimum absolute atomic E-state index is 0.150. The summed E-state index contributed by atoms with van der Waals surface area (Å²) in [6, 6.07) is 8.96. The van der Waals surface area contributed by atoms with Crippen LogP contribution in [0.3, 0.4) is 0 Å². The van der Waals surface area contributed by atoms with Gasteiger partial charge in [-0.1, -0.05) is 17.7 Å². The Hall–Kier alpha value is -2.60. The van der Waals surface area contributed by atoms with Crippen LogP contribution in [0.5, 0.6) is 0 Å². The summed E-state index contributed by atoms with van der Waals surface area (Å²) < 4.78 is 3.41. The first kappa shape index (κ1) is 16.3. The van der Waals surface area contributed by atoms with Gasteiger partial charge in [0.2, 0.25) is 0 Å². The molecule has 7 heteroatoms. The third-order valence-corrected chi connectivity index (χ3v) is 3.98. The normalized spacial score (nSPS) is 12.2. The molecule has 0 aliphatic rings. The molecule has 1 amide bonds. The van der Waals surface area contributed by atoms with Crippen LogP contribution in [0, 0.1) is 6.92 Å². The maximum Gasteiger partial charge on any atom is 0.272 e. The highest BCUT2D eigenvalue weighted by molar-refractivity contribution is 6.30. The summed E-state index contributed by atoms with van der Waals surface area (Å²) in [6.45, 7) is 3.81. The van der Waals surface area contributed by atoms with Gasteiger partial charge in [0.05, 0.1) is 17.9 Å². The molecule has 6 nitrogen and oxygen atoms in total. The topological polar surface area (TPSA) is 64.7 Å². The number of nitrogens with one attached hydrogen (secondary N) is 1. The summed E-state index contributed by atoms with van der Waals surface area (Å²) in [5, 5.41) is 12.1. The zero-order valence-corrected chi connectivity index (χ0v) is 14.4. The fraction of sp³-hybridized carbons (Fsp3) is 0.235. The number of halogens is 1. The van der Waals surface area contributed by atoms with Crippen molar-refractivity contribution in [1.29, 1.82) is 0 Å². The number of carbonyl (C=O) groups excluding carboxylic acids is 1. The number of hydrogen-bond acceptors (Lipinski definition) is 3. The van der Waals surface area contributed by atoms with Crippen molar-refractivity contribution in [2.45, 2.75) is 19.9 Å². The Morgan fingerprint density at radius 3 is 2.79 bits per heavy atom. The Morgan fingerprint density at radius 2 is 2.12 bits per heavy atom. The van der Waals surface area contributed by atoms with E-state index < -0.39 is 0 Å². The van der Waals surface area contributed by atoms with E-state index in [1.165, 1.54) is 0 Å². The van der Waals surface area contributed by atoms with E-state index in [2.05, 4.69) is 15.5 Å². The zero-order chi connectivity index (χ0) is 17.3. The van der Waals surface area contributed by atoms with Crippen LogP contribution in [0.15, 0.2) is 42.7 Å². The highest BCUT2D eigenvalue weighted by Gasteiger charge is 2.17. The van der Waals surface area contributed by atoms with Crippen molar-refractivity contribution in [2.24, 2.45) is 7.05 Å². The van der Waals surface area contributed by atoms with Gasteiger partial charge in [0, 0.05) is 29.5 Å². The maximum atomic E-state index is 12.5. The molecule has 2 heterocycles. The largest absolute Gasteiger partial charge is 0.344 e. The fourth-order valence-corrected chi connectivity index (χ4v) is 2.66. The lowest BCUT2D eigenvalue weighted by Gasteiger charge is -2.10. The standard InChI is InChI=1S/C17H18ClN5O/c1-11-7-16(21-23(11)15-6-4-5-14(18)8-15)17(24)20-12(2)13-9-19-22(3)10-13/h4-10,12H,1-3H3,(H,20,24). The van der Waals surface area contributed by atoms with Gasteiger partial charge in [-0.2, -0.15) is 10.2 Å². The predicted molar refractivity (Wildman–Crippen MR) is 92.4 cm³/mol.